The van der Waals surface area contributed by atoms with E-state index in [0.717, 1.165) is 25.2 Å². The first-order valence-electron chi connectivity index (χ1n) is 17.7. The molecular weight excluding hydrogens is 498 g/mol. The summed E-state index contributed by atoms with van der Waals surface area (Å²) in [6.45, 7) is 10.2. The van der Waals surface area contributed by atoms with E-state index in [-0.39, 0.29) is 0 Å². The zero-order valence-corrected chi connectivity index (χ0v) is 27.3. The third kappa shape index (κ3) is 17.4. The lowest BCUT2D eigenvalue weighted by atomic mass is 10.0. The molecule has 0 aliphatic carbocycles. The second-order valence-electron chi connectivity index (χ2n) is 12.1. The summed E-state index contributed by atoms with van der Waals surface area (Å²) in [5, 5.41) is 4.65. The van der Waals surface area contributed by atoms with Crippen LogP contribution < -0.4 is 9.58 Å². The molecule has 0 saturated carbocycles. The SMILES string of the molecule is CCCCCCCCCCCCCCCCCC[n+]1ccc(/C=C/c2ccc(N(CCCC)CCCC)cc2)cn1. The zero-order valence-electron chi connectivity index (χ0n) is 27.3. The normalized spacial score (nSPS) is 11.5. The van der Waals surface area contributed by atoms with E-state index in [9.17, 15) is 0 Å². The third-order valence-corrected chi connectivity index (χ3v) is 8.32. The number of rotatable bonds is 26. The minimum atomic E-state index is 1.02. The van der Waals surface area contributed by atoms with E-state index in [2.05, 4.69) is 84.1 Å². The highest BCUT2D eigenvalue weighted by molar-refractivity contribution is 5.70. The van der Waals surface area contributed by atoms with Crippen molar-refractivity contribution in [3.63, 3.8) is 0 Å². The number of hydrogen-bond acceptors (Lipinski definition) is 2. The second kappa shape index (κ2) is 24.4. The Labute approximate surface area is 254 Å². The van der Waals surface area contributed by atoms with Crippen molar-refractivity contribution in [3.05, 3.63) is 53.9 Å². The van der Waals surface area contributed by atoms with Gasteiger partial charge in [-0.25, -0.2) is 0 Å². The van der Waals surface area contributed by atoms with Gasteiger partial charge in [-0.05, 0) is 42.1 Å². The van der Waals surface area contributed by atoms with Gasteiger partial charge in [-0.15, -0.1) is 0 Å². The molecule has 0 radical (unpaired) electrons. The van der Waals surface area contributed by atoms with Crippen LogP contribution in [0.5, 0.6) is 0 Å². The van der Waals surface area contributed by atoms with Crippen molar-refractivity contribution < 1.29 is 4.68 Å². The monoisotopic (exact) mass is 563 g/mol. The first kappa shape index (κ1) is 35.0. The quantitative estimate of drug-likeness (QED) is 0.0839. The summed E-state index contributed by atoms with van der Waals surface area (Å²) in [5.41, 5.74) is 3.75. The first-order chi connectivity index (χ1) is 20.3. The highest BCUT2D eigenvalue weighted by Crippen LogP contribution is 2.19. The fraction of sp³-hybridized carbons (Fsp3) is 0.684. The average molecular weight is 563 g/mol. The van der Waals surface area contributed by atoms with E-state index in [1.165, 1.54) is 140 Å². The molecule has 230 valence electrons. The van der Waals surface area contributed by atoms with Gasteiger partial charge < -0.3 is 4.90 Å². The molecule has 2 aromatic rings. The van der Waals surface area contributed by atoms with E-state index in [1.807, 2.05) is 6.20 Å². The van der Waals surface area contributed by atoms with Crippen LogP contribution in [0, 0.1) is 0 Å². The van der Waals surface area contributed by atoms with E-state index in [0.29, 0.717) is 0 Å². The van der Waals surface area contributed by atoms with Gasteiger partial charge in [0.15, 0.2) is 12.7 Å². The van der Waals surface area contributed by atoms with Crippen molar-refractivity contribution in [1.29, 1.82) is 0 Å². The van der Waals surface area contributed by atoms with Gasteiger partial charge in [-0.2, -0.15) is 0 Å². The Morgan fingerprint density at radius 2 is 1.00 bits per heavy atom. The van der Waals surface area contributed by atoms with Gasteiger partial charge in [0.2, 0.25) is 0 Å². The number of aryl methyl sites for hydroxylation is 1. The highest BCUT2D eigenvalue weighted by Gasteiger charge is 2.06. The van der Waals surface area contributed by atoms with Crippen LogP contribution in [0.1, 0.15) is 160 Å². The van der Waals surface area contributed by atoms with E-state index >= 15 is 0 Å². The van der Waals surface area contributed by atoms with Crippen molar-refractivity contribution in [1.82, 2.24) is 5.10 Å². The fourth-order valence-corrected chi connectivity index (χ4v) is 5.50. The Bertz CT molecular complexity index is 863. The summed E-state index contributed by atoms with van der Waals surface area (Å²) in [6.07, 6.45) is 36.1. The van der Waals surface area contributed by atoms with Gasteiger partial charge in [-0.3, -0.25) is 0 Å². The van der Waals surface area contributed by atoms with E-state index in [1.54, 1.807) is 0 Å². The molecule has 3 nitrogen and oxygen atoms in total. The second-order valence-corrected chi connectivity index (χ2v) is 12.1. The summed E-state index contributed by atoms with van der Waals surface area (Å²) in [5.74, 6) is 0. The predicted molar refractivity (Wildman–Crippen MR) is 181 cm³/mol. The Morgan fingerprint density at radius 1 is 0.537 bits per heavy atom. The van der Waals surface area contributed by atoms with Crippen molar-refractivity contribution in [2.75, 3.05) is 18.0 Å². The largest absolute Gasteiger partial charge is 0.372 e. The van der Waals surface area contributed by atoms with Gasteiger partial charge in [-0.1, -0.05) is 152 Å². The lowest BCUT2D eigenvalue weighted by Crippen LogP contribution is -2.37. The smallest absolute Gasteiger partial charge is 0.196 e. The predicted octanol–water partition coefficient (Wildman–Crippen LogP) is 11.2. The molecule has 0 unspecified atom stereocenters. The van der Waals surface area contributed by atoms with Crippen molar-refractivity contribution in [2.24, 2.45) is 0 Å². The van der Waals surface area contributed by atoms with E-state index < -0.39 is 0 Å². The van der Waals surface area contributed by atoms with Crippen LogP contribution in [-0.4, -0.2) is 18.2 Å². The Hall–Kier alpha value is -2.16. The minimum absolute atomic E-state index is 1.02. The summed E-state index contributed by atoms with van der Waals surface area (Å²) in [6, 6.07) is 11.2. The maximum absolute atomic E-state index is 4.65. The van der Waals surface area contributed by atoms with Crippen LogP contribution in [0.2, 0.25) is 0 Å². The minimum Gasteiger partial charge on any atom is -0.372 e. The van der Waals surface area contributed by atoms with Crippen LogP contribution in [-0.2, 0) is 6.54 Å². The maximum atomic E-state index is 4.65. The van der Waals surface area contributed by atoms with Gasteiger partial charge in [0.05, 0.1) is 0 Å². The molecule has 0 spiro atoms. The van der Waals surface area contributed by atoms with Crippen molar-refractivity contribution in [3.8, 4) is 0 Å². The van der Waals surface area contributed by atoms with Gasteiger partial charge in [0.25, 0.3) is 0 Å². The molecule has 0 fully saturated rings. The van der Waals surface area contributed by atoms with E-state index in [4.69, 9.17) is 0 Å². The zero-order chi connectivity index (χ0) is 29.2. The van der Waals surface area contributed by atoms with Gasteiger partial charge >= 0.3 is 0 Å². The molecule has 41 heavy (non-hydrogen) atoms. The van der Waals surface area contributed by atoms with Crippen molar-refractivity contribution in [2.45, 2.75) is 156 Å². The highest BCUT2D eigenvalue weighted by atomic mass is 15.2. The Kier molecular flexibility index (Phi) is 20.9. The molecule has 1 aromatic heterocycles. The topological polar surface area (TPSA) is 20.0 Å². The number of unbranched alkanes of at least 4 members (excludes halogenated alkanes) is 17. The number of anilines is 1. The number of aromatic nitrogens is 2. The third-order valence-electron chi connectivity index (χ3n) is 8.32. The van der Waals surface area contributed by atoms with Crippen LogP contribution in [0.4, 0.5) is 5.69 Å². The molecule has 0 bridgehead atoms. The lowest BCUT2D eigenvalue weighted by Gasteiger charge is -2.24. The fourth-order valence-electron chi connectivity index (χ4n) is 5.50. The number of nitrogens with zero attached hydrogens (tertiary/aromatic N) is 3. The lowest BCUT2D eigenvalue weighted by molar-refractivity contribution is -0.754. The van der Waals surface area contributed by atoms with Crippen LogP contribution in [0.15, 0.2) is 42.7 Å². The summed E-state index contributed by atoms with van der Waals surface area (Å²) >= 11 is 0. The average Bonchev–Trinajstić information content (AvgIpc) is 3.01. The molecule has 0 aliphatic rings. The maximum Gasteiger partial charge on any atom is 0.196 e. The van der Waals surface area contributed by atoms with Crippen LogP contribution in [0.3, 0.4) is 0 Å². The molecule has 0 atom stereocenters. The number of benzene rings is 1. The molecule has 1 aromatic carbocycles. The first-order valence-corrected chi connectivity index (χ1v) is 17.7. The van der Waals surface area contributed by atoms with Crippen molar-refractivity contribution >= 4 is 17.8 Å². The van der Waals surface area contributed by atoms with Gasteiger partial charge in [0.1, 0.15) is 6.20 Å². The number of hydrogen-bond donors (Lipinski definition) is 0. The molecule has 1 heterocycles. The van der Waals surface area contributed by atoms with Crippen LogP contribution >= 0.6 is 0 Å². The van der Waals surface area contributed by atoms with Crippen LogP contribution in [0.25, 0.3) is 12.2 Å². The molecule has 0 aliphatic heterocycles. The van der Waals surface area contributed by atoms with Gasteiger partial charge in [0, 0.05) is 36.8 Å². The molecule has 0 amide bonds. The summed E-state index contributed by atoms with van der Waals surface area (Å²) < 4.78 is 2.09. The Balaban J connectivity index is 1.54. The molecule has 0 saturated heterocycles. The Morgan fingerprint density at radius 3 is 1.46 bits per heavy atom. The molecular formula is C38H64N3+. The molecule has 0 N–H and O–H groups in total. The standard InChI is InChI=1S/C38H64N3/c1-4-7-10-11-12-13-14-15-16-17-18-19-20-21-22-23-33-41-34-30-37(35-39-41)25-24-36-26-28-38(29-27-36)40(31-8-5-2)32-9-6-3/h24-30,34-35H,4-23,31-33H2,1-3H3/q+1. The summed E-state index contributed by atoms with van der Waals surface area (Å²) in [4.78, 5) is 2.54. The molecule has 2 rings (SSSR count). The summed E-state index contributed by atoms with van der Waals surface area (Å²) in [7, 11) is 0. The molecule has 3 heteroatoms.